The second kappa shape index (κ2) is 8.90. The summed E-state index contributed by atoms with van der Waals surface area (Å²) in [6, 6.07) is 11.5. The summed E-state index contributed by atoms with van der Waals surface area (Å²) in [5.41, 5.74) is 1.83. The highest BCUT2D eigenvalue weighted by Crippen LogP contribution is 2.39. The smallest absolute Gasteiger partial charge is 0.303 e. The largest absolute Gasteiger partial charge is 0.507 e. The van der Waals surface area contributed by atoms with E-state index >= 15 is 0 Å². The number of carboxylic acids is 1. The number of hydrogen-bond acceptors (Lipinski definition) is 4. The predicted octanol–water partition coefficient (Wildman–Crippen LogP) is 3.67. The minimum Gasteiger partial charge on any atom is -0.507 e. The van der Waals surface area contributed by atoms with Gasteiger partial charge in [-0.05, 0) is 48.2 Å². The minimum absolute atomic E-state index is 0.0528. The van der Waals surface area contributed by atoms with Gasteiger partial charge in [0.25, 0.3) is 11.7 Å². The lowest BCUT2D eigenvalue weighted by Crippen LogP contribution is -2.31. The van der Waals surface area contributed by atoms with Gasteiger partial charge >= 0.3 is 5.97 Å². The molecule has 1 atom stereocenters. The van der Waals surface area contributed by atoms with Crippen LogP contribution in [0, 0.1) is 5.82 Å². The van der Waals surface area contributed by atoms with Gasteiger partial charge in [0.2, 0.25) is 0 Å². The number of carbonyl (C=O) groups is 3. The molecule has 1 saturated heterocycles. The molecule has 2 N–H and O–H groups in total. The Kier molecular flexibility index (Phi) is 6.30. The number of halogens is 1. The fourth-order valence-electron chi connectivity index (χ4n) is 3.56. The molecule has 1 aliphatic heterocycles. The van der Waals surface area contributed by atoms with E-state index in [4.69, 9.17) is 5.11 Å². The maximum Gasteiger partial charge on any atom is 0.303 e. The van der Waals surface area contributed by atoms with Crippen molar-refractivity contribution in [2.75, 3.05) is 6.54 Å². The van der Waals surface area contributed by atoms with Gasteiger partial charge in [0.05, 0.1) is 11.6 Å². The van der Waals surface area contributed by atoms with E-state index in [-0.39, 0.29) is 30.5 Å². The summed E-state index contributed by atoms with van der Waals surface area (Å²) in [7, 11) is 0. The molecule has 2 aromatic rings. The lowest BCUT2D eigenvalue weighted by atomic mass is 9.94. The zero-order valence-corrected chi connectivity index (χ0v) is 16.5. The zero-order chi connectivity index (χ0) is 21.8. The quantitative estimate of drug-likeness (QED) is 0.412. The summed E-state index contributed by atoms with van der Waals surface area (Å²) in [6.45, 7) is 2.05. The summed E-state index contributed by atoms with van der Waals surface area (Å²) in [5, 5.41) is 19.7. The highest BCUT2D eigenvalue weighted by Gasteiger charge is 2.45. The number of aliphatic carboxylic acids is 1. The van der Waals surface area contributed by atoms with Crippen molar-refractivity contribution >= 4 is 23.4 Å². The minimum atomic E-state index is -0.998. The van der Waals surface area contributed by atoms with Gasteiger partial charge in [0.1, 0.15) is 11.6 Å². The number of hydrogen-bond donors (Lipinski definition) is 2. The van der Waals surface area contributed by atoms with Gasteiger partial charge in [0.15, 0.2) is 0 Å². The summed E-state index contributed by atoms with van der Waals surface area (Å²) in [6.07, 6.45) is 0.833. The average molecular weight is 411 g/mol. The highest BCUT2D eigenvalue weighted by atomic mass is 19.1. The lowest BCUT2D eigenvalue weighted by molar-refractivity contribution is -0.140. The monoisotopic (exact) mass is 411 g/mol. The first kappa shape index (κ1) is 21.2. The fraction of sp³-hybridized carbons (Fsp3) is 0.261. The maximum absolute atomic E-state index is 13.3. The topological polar surface area (TPSA) is 94.9 Å². The standard InChI is InChI=1S/C23H22FNO5/c1-2-14-5-7-15(8-6-14)20-19(21(28)16-9-11-17(24)12-10-16)22(29)23(30)25(20)13-3-4-18(26)27/h5-12,20,28H,2-4,13H2,1H3,(H,26,27)/b21-19-. The van der Waals surface area contributed by atoms with Crippen LogP contribution in [0.3, 0.4) is 0 Å². The summed E-state index contributed by atoms with van der Waals surface area (Å²) in [5.74, 6) is -3.53. The molecule has 156 valence electrons. The van der Waals surface area contributed by atoms with Crippen molar-refractivity contribution in [2.24, 2.45) is 0 Å². The van der Waals surface area contributed by atoms with Crippen molar-refractivity contribution in [3.8, 4) is 0 Å². The number of aliphatic hydroxyl groups is 1. The van der Waals surface area contributed by atoms with Crippen molar-refractivity contribution in [3.63, 3.8) is 0 Å². The van der Waals surface area contributed by atoms with E-state index in [0.29, 0.717) is 5.56 Å². The van der Waals surface area contributed by atoms with Gasteiger partial charge in [-0.3, -0.25) is 14.4 Å². The molecule has 0 aliphatic carbocycles. The van der Waals surface area contributed by atoms with Crippen LogP contribution in [0.5, 0.6) is 0 Å². The van der Waals surface area contributed by atoms with Crippen molar-refractivity contribution in [1.82, 2.24) is 4.90 Å². The summed E-state index contributed by atoms with van der Waals surface area (Å²) in [4.78, 5) is 37.7. The van der Waals surface area contributed by atoms with Gasteiger partial charge in [-0.25, -0.2) is 4.39 Å². The third-order valence-corrected chi connectivity index (χ3v) is 5.15. The van der Waals surface area contributed by atoms with Crippen LogP contribution in [0.15, 0.2) is 54.1 Å². The van der Waals surface area contributed by atoms with Crippen molar-refractivity contribution in [3.05, 3.63) is 76.6 Å². The Morgan fingerprint density at radius 1 is 1.03 bits per heavy atom. The van der Waals surface area contributed by atoms with Crippen molar-refractivity contribution < 1.29 is 29.0 Å². The van der Waals surface area contributed by atoms with Gasteiger partial charge in [-0.1, -0.05) is 31.2 Å². The molecule has 1 unspecified atom stereocenters. The fourth-order valence-corrected chi connectivity index (χ4v) is 3.56. The molecule has 30 heavy (non-hydrogen) atoms. The number of ketones is 1. The van der Waals surface area contributed by atoms with Crippen LogP contribution in [0.25, 0.3) is 5.76 Å². The maximum atomic E-state index is 13.3. The van der Waals surface area contributed by atoms with E-state index in [1.807, 2.05) is 19.1 Å². The van der Waals surface area contributed by atoms with E-state index in [2.05, 4.69) is 0 Å². The Bertz CT molecular complexity index is 995. The molecule has 0 aromatic heterocycles. The first-order chi connectivity index (χ1) is 14.3. The van der Waals surface area contributed by atoms with Crippen LogP contribution in [-0.4, -0.2) is 39.3 Å². The molecule has 2 aromatic carbocycles. The van der Waals surface area contributed by atoms with E-state index in [9.17, 15) is 23.9 Å². The van der Waals surface area contributed by atoms with E-state index in [1.165, 1.54) is 17.0 Å². The number of Topliss-reactive ketones (excluding diaryl/α,β-unsaturated/α-hetero) is 1. The van der Waals surface area contributed by atoms with Crippen LogP contribution in [0.1, 0.15) is 42.5 Å². The molecule has 7 heteroatoms. The molecule has 0 saturated carbocycles. The van der Waals surface area contributed by atoms with E-state index < -0.39 is 35.3 Å². The second-order valence-electron chi connectivity index (χ2n) is 7.09. The van der Waals surface area contributed by atoms with E-state index in [1.54, 1.807) is 12.1 Å². The predicted molar refractivity (Wildman–Crippen MR) is 108 cm³/mol. The highest BCUT2D eigenvalue weighted by molar-refractivity contribution is 6.46. The normalized spacial score (nSPS) is 18.1. The number of carboxylic acid groups (broad SMARTS) is 1. The third-order valence-electron chi connectivity index (χ3n) is 5.15. The number of aryl methyl sites for hydroxylation is 1. The molecule has 3 rings (SSSR count). The molecule has 0 bridgehead atoms. The van der Waals surface area contributed by atoms with Crippen LogP contribution in [0.4, 0.5) is 4.39 Å². The Morgan fingerprint density at radius 3 is 2.23 bits per heavy atom. The molecule has 1 aliphatic rings. The van der Waals surface area contributed by atoms with Crippen molar-refractivity contribution in [2.45, 2.75) is 32.2 Å². The van der Waals surface area contributed by atoms with Gasteiger partial charge < -0.3 is 15.1 Å². The number of nitrogens with zero attached hydrogens (tertiary/aromatic N) is 1. The summed E-state index contributed by atoms with van der Waals surface area (Å²) >= 11 is 0. The van der Waals surface area contributed by atoms with Gasteiger partial charge in [-0.2, -0.15) is 0 Å². The van der Waals surface area contributed by atoms with Crippen LogP contribution in [0.2, 0.25) is 0 Å². The molecule has 6 nitrogen and oxygen atoms in total. The zero-order valence-electron chi connectivity index (χ0n) is 16.5. The van der Waals surface area contributed by atoms with Gasteiger partial charge in [0, 0.05) is 18.5 Å². The summed E-state index contributed by atoms with van der Waals surface area (Å²) < 4.78 is 13.3. The molecule has 1 heterocycles. The van der Waals surface area contributed by atoms with Crippen molar-refractivity contribution in [1.29, 1.82) is 0 Å². The number of rotatable bonds is 7. The average Bonchev–Trinajstić information content (AvgIpc) is 2.98. The molecule has 0 spiro atoms. The molecule has 1 fully saturated rings. The van der Waals surface area contributed by atoms with Crippen LogP contribution in [-0.2, 0) is 20.8 Å². The van der Waals surface area contributed by atoms with Crippen LogP contribution >= 0.6 is 0 Å². The van der Waals surface area contributed by atoms with Crippen LogP contribution < -0.4 is 0 Å². The number of benzene rings is 2. The number of amides is 1. The Balaban J connectivity index is 2.08. The molecule has 0 radical (unpaired) electrons. The first-order valence-corrected chi connectivity index (χ1v) is 9.68. The first-order valence-electron chi connectivity index (χ1n) is 9.68. The number of carbonyl (C=O) groups excluding carboxylic acids is 2. The lowest BCUT2D eigenvalue weighted by Gasteiger charge is -2.25. The Labute approximate surface area is 173 Å². The molecule has 1 amide bonds. The third kappa shape index (κ3) is 4.25. The van der Waals surface area contributed by atoms with Gasteiger partial charge in [-0.15, -0.1) is 0 Å². The Hall–Kier alpha value is -3.48. The molecular weight excluding hydrogens is 389 g/mol. The number of aliphatic hydroxyl groups excluding tert-OH is 1. The SMILES string of the molecule is CCc1ccc(C2/C(=C(/O)c3ccc(F)cc3)C(=O)C(=O)N2CCCC(=O)O)cc1. The van der Waals surface area contributed by atoms with E-state index in [0.717, 1.165) is 24.1 Å². The number of likely N-dealkylation sites (tertiary alicyclic amines) is 1. The Morgan fingerprint density at radius 2 is 1.67 bits per heavy atom. The second-order valence-corrected chi connectivity index (χ2v) is 7.09. The molecular formula is C23H22FNO5.